The summed E-state index contributed by atoms with van der Waals surface area (Å²) >= 11 is 6.11. The SMILES string of the molecule is O=C(C(Cl)c1cccc(OC(F)(F)F)c1)N1CCCCC1. The molecule has 21 heavy (non-hydrogen) atoms. The molecule has 1 aliphatic rings. The molecule has 0 aromatic heterocycles. The van der Waals surface area contributed by atoms with Gasteiger partial charge in [-0.2, -0.15) is 0 Å². The maximum atomic E-state index is 12.2. The number of piperidine rings is 1. The first-order valence-corrected chi connectivity index (χ1v) is 7.09. The molecule has 1 atom stereocenters. The summed E-state index contributed by atoms with van der Waals surface area (Å²) in [4.78, 5) is 13.9. The number of hydrogen-bond donors (Lipinski definition) is 0. The molecule has 116 valence electrons. The molecule has 0 aliphatic carbocycles. The van der Waals surface area contributed by atoms with E-state index < -0.39 is 11.7 Å². The van der Waals surface area contributed by atoms with E-state index >= 15 is 0 Å². The topological polar surface area (TPSA) is 29.5 Å². The molecule has 1 heterocycles. The molecule has 1 aromatic rings. The Hall–Kier alpha value is -1.43. The summed E-state index contributed by atoms with van der Waals surface area (Å²) in [6, 6.07) is 5.22. The van der Waals surface area contributed by atoms with Gasteiger partial charge in [-0.15, -0.1) is 24.8 Å². The molecule has 1 aromatic carbocycles. The van der Waals surface area contributed by atoms with Gasteiger partial charge in [-0.05, 0) is 37.0 Å². The van der Waals surface area contributed by atoms with Crippen LogP contribution in [0.25, 0.3) is 0 Å². The van der Waals surface area contributed by atoms with Crippen molar-refractivity contribution in [2.75, 3.05) is 13.1 Å². The van der Waals surface area contributed by atoms with E-state index in [2.05, 4.69) is 4.74 Å². The van der Waals surface area contributed by atoms with Crippen molar-refractivity contribution in [1.29, 1.82) is 0 Å². The summed E-state index contributed by atoms with van der Waals surface area (Å²) in [5.41, 5.74) is 0.300. The van der Waals surface area contributed by atoms with Crippen molar-refractivity contribution in [2.45, 2.75) is 31.0 Å². The number of carbonyl (C=O) groups is 1. The lowest BCUT2D eigenvalue weighted by molar-refractivity contribution is -0.274. The fraction of sp³-hybridized carbons (Fsp3) is 0.500. The first-order chi connectivity index (χ1) is 9.87. The lowest BCUT2D eigenvalue weighted by Crippen LogP contribution is -2.37. The van der Waals surface area contributed by atoms with Crippen LogP contribution in [0.15, 0.2) is 24.3 Å². The molecule has 0 saturated carbocycles. The van der Waals surface area contributed by atoms with Crippen LogP contribution in [0.3, 0.4) is 0 Å². The molecule has 1 saturated heterocycles. The number of nitrogens with zero attached hydrogens (tertiary/aromatic N) is 1. The zero-order chi connectivity index (χ0) is 15.5. The number of amides is 1. The zero-order valence-corrected chi connectivity index (χ0v) is 12.0. The Balaban J connectivity index is 2.09. The largest absolute Gasteiger partial charge is 0.573 e. The van der Waals surface area contributed by atoms with E-state index in [1.165, 1.54) is 18.2 Å². The van der Waals surface area contributed by atoms with Gasteiger partial charge < -0.3 is 9.64 Å². The van der Waals surface area contributed by atoms with E-state index in [4.69, 9.17) is 11.6 Å². The van der Waals surface area contributed by atoms with Crippen LogP contribution in [0.4, 0.5) is 13.2 Å². The van der Waals surface area contributed by atoms with Gasteiger partial charge in [0.05, 0.1) is 0 Å². The molecule has 0 N–H and O–H groups in total. The fourth-order valence-corrected chi connectivity index (χ4v) is 2.56. The van der Waals surface area contributed by atoms with Crippen molar-refractivity contribution in [2.24, 2.45) is 0 Å². The monoisotopic (exact) mass is 321 g/mol. The second-order valence-electron chi connectivity index (χ2n) is 4.87. The molecule has 1 amide bonds. The normalized spacial score (nSPS) is 17.4. The van der Waals surface area contributed by atoms with Crippen LogP contribution >= 0.6 is 11.6 Å². The Bertz CT molecular complexity index is 501. The van der Waals surface area contributed by atoms with E-state index in [0.29, 0.717) is 18.7 Å². The third-order valence-electron chi connectivity index (χ3n) is 3.27. The summed E-state index contributed by atoms with van der Waals surface area (Å²) in [5.74, 6) is -0.655. The molecule has 1 aliphatic heterocycles. The van der Waals surface area contributed by atoms with Crippen molar-refractivity contribution in [3.63, 3.8) is 0 Å². The zero-order valence-electron chi connectivity index (χ0n) is 11.2. The fourth-order valence-electron chi connectivity index (χ4n) is 2.29. The average molecular weight is 322 g/mol. The highest BCUT2D eigenvalue weighted by Crippen LogP contribution is 2.29. The third-order valence-corrected chi connectivity index (χ3v) is 3.71. The van der Waals surface area contributed by atoms with Crippen molar-refractivity contribution < 1.29 is 22.7 Å². The molecule has 7 heteroatoms. The number of hydrogen-bond acceptors (Lipinski definition) is 2. The van der Waals surface area contributed by atoms with E-state index in [9.17, 15) is 18.0 Å². The van der Waals surface area contributed by atoms with E-state index in [0.717, 1.165) is 25.3 Å². The smallest absolute Gasteiger partial charge is 0.406 e. The number of likely N-dealkylation sites (tertiary alicyclic amines) is 1. The summed E-state index contributed by atoms with van der Waals surface area (Å²) < 4.78 is 40.4. The highest BCUT2D eigenvalue weighted by atomic mass is 35.5. The Morgan fingerprint density at radius 2 is 1.90 bits per heavy atom. The minimum absolute atomic E-state index is 0.277. The first-order valence-electron chi connectivity index (χ1n) is 6.65. The van der Waals surface area contributed by atoms with Gasteiger partial charge in [0.15, 0.2) is 0 Å². The van der Waals surface area contributed by atoms with Crippen molar-refractivity contribution in [3.05, 3.63) is 29.8 Å². The van der Waals surface area contributed by atoms with Crippen LogP contribution in [0.1, 0.15) is 30.2 Å². The lowest BCUT2D eigenvalue weighted by Gasteiger charge is -2.28. The van der Waals surface area contributed by atoms with Crippen LogP contribution in [-0.2, 0) is 4.79 Å². The standard InChI is InChI=1S/C14H15ClF3NO2/c15-12(13(20)19-7-2-1-3-8-19)10-5-4-6-11(9-10)21-14(16,17)18/h4-6,9,12H,1-3,7-8H2. The summed E-state index contributed by atoms with van der Waals surface area (Å²) in [6.07, 6.45) is -1.85. The van der Waals surface area contributed by atoms with Crippen molar-refractivity contribution in [3.8, 4) is 5.75 Å². The Morgan fingerprint density at radius 3 is 2.52 bits per heavy atom. The van der Waals surface area contributed by atoms with Gasteiger partial charge in [0, 0.05) is 13.1 Å². The predicted octanol–water partition coefficient (Wildman–Crippen LogP) is 3.88. The Kier molecular flexibility index (Phi) is 4.98. The van der Waals surface area contributed by atoms with Crippen LogP contribution in [0, 0.1) is 0 Å². The molecule has 2 rings (SSSR count). The number of ether oxygens (including phenoxy) is 1. The van der Waals surface area contributed by atoms with Crippen LogP contribution in [-0.4, -0.2) is 30.3 Å². The van der Waals surface area contributed by atoms with Gasteiger partial charge in [-0.1, -0.05) is 12.1 Å². The maximum Gasteiger partial charge on any atom is 0.573 e. The molecule has 1 fully saturated rings. The lowest BCUT2D eigenvalue weighted by atomic mass is 10.1. The van der Waals surface area contributed by atoms with Gasteiger partial charge in [0.1, 0.15) is 11.1 Å². The molecule has 3 nitrogen and oxygen atoms in total. The minimum Gasteiger partial charge on any atom is -0.406 e. The minimum atomic E-state index is -4.77. The summed E-state index contributed by atoms with van der Waals surface area (Å²) in [5, 5.41) is -1.00. The van der Waals surface area contributed by atoms with Crippen LogP contribution in [0.5, 0.6) is 5.75 Å². The molecular formula is C14H15ClF3NO2. The number of benzene rings is 1. The van der Waals surface area contributed by atoms with Crippen molar-refractivity contribution >= 4 is 17.5 Å². The van der Waals surface area contributed by atoms with Crippen LogP contribution in [0.2, 0.25) is 0 Å². The quantitative estimate of drug-likeness (QED) is 0.791. The van der Waals surface area contributed by atoms with Gasteiger partial charge >= 0.3 is 6.36 Å². The van der Waals surface area contributed by atoms with Gasteiger partial charge in [-0.3, -0.25) is 4.79 Å². The third kappa shape index (κ3) is 4.52. The second-order valence-corrected chi connectivity index (χ2v) is 5.31. The molecule has 0 bridgehead atoms. The highest BCUT2D eigenvalue weighted by Gasteiger charge is 2.32. The number of carbonyl (C=O) groups excluding carboxylic acids is 1. The number of halogens is 4. The molecule has 1 unspecified atom stereocenters. The summed E-state index contributed by atoms with van der Waals surface area (Å²) in [7, 11) is 0. The first kappa shape index (κ1) is 15.9. The Morgan fingerprint density at radius 1 is 1.24 bits per heavy atom. The van der Waals surface area contributed by atoms with Gasteiger partial charge in [0.25, 0.3) is 0 Å². The van der Waals surface area contributed by atoms with E-state index in [1.807, 2.05) is 0 Å². The number of alkyl halides is 4. The van der Waals surface area contributed by atoms with Crippen molar-refractivity contribution in [1.82, 2.24) is 4.90 Å². The van der Waals surface area contributed by atoms with Gasteiger partial charge in [-0.25, -0.2) is 0 Å². The van der Waals surface area contributed by atoms with E-state index in [-0.39, 0.29) is 11.7 Å². The van der Waals surface area contributed by atoms with Gasteiger partial charge in [0.2, 0.25) is 5.91 Å². The summed E-state index contributed by atoms with van der Waals surface area (Å²) in [6.45, 7) is 1.28. The van der Waals surface area contributed by atoms with Crippen LogP contribution < -0.4 is 4.74 Å². The highest BCUT2D eigenvalue weighted by molar-refractivity contribution is 6.30. The average Bonchev–Trinajstić information content (AvgIpc) is 2.45. The maximum absolute atomic E-state index is 12.2. The predicted molar refractivity (Wildman–Crippen MR) is 72.2 cm³/mol. The molecule has 0 radical (unpaired) electrons. The Labute approximate surface area is 125 Å². The number of rotatable bonds is 3. The van der Waals surface area contributed by atoms with E-state index in [1.54, 1.807) is 4.90 Å². The second kappa shape index (κ2) is 6.56. The molecular weight excluding hydrogens is 307 g/mol. The molecule has 0 spiro atoms.